The molecule has 0 unspecified atom stereocenters. The van der Waals surface area contributed by atoms with E-state index >= 15 is 0 Å². The average Bonchev–Trinajstić information content (AvgIpc) is 1.83. The Morgan fingerprint density at radius 1 is 1.56 bits per heavy atom. The zero-order chi connectivity index (χ0) is 7.28. The van der Waals surface area contributed by atoms with E-state index in [1.165, 1.54) is 11.0 Å². The summed E-state index contributed by atoms with van der Waals surface area (Å²) in [4.78, 5) is 0. The molecule has 0 bridgehead atoms. The van der Waals surface area contributed by atoms with Crippen molar-refractivity contribution in [3.63, 3.8) is 0 Å². The third-order valence-electron chi connectivity index (χ3n) is 0.576. The van der Waals surface area contributed by atoms with E-state index in [0.29, 0.717) is 0 Å². The first-order valence-electron chi connectivity index (χ1n) is 2.53. The van der Waals surface area contributed by atoms with Gasteiger partial charge < -0.3 is 5.73 Å². The minimum atomic E-state index is 1.33. The first-order valence-corrected chi connectivity index (χ1v) is 2.53. The molecule has 9 heavy (non-hydrogen) atoms. The molecular weight excluding hydrogens is 118 g/mol. The van der Waals surface area contributed by atoms with Crippen molar-refractivity contribution in [1.82, 2.24) is 5.01 Å². The molecular formula is C4H12N5+. The molecule has 0 aromatic carbocycles. The number of nitrogens with zero attached hydrogens (tertiary/aromatic N) is 4. The van der Waals surface area contributed by atoms with E-state index < -0.39 is 0 Å². The SMILES string of the molecule is CN(C)/N=N/[N+](C)=CN. The minimum Gasteiger partial charge on any atom is -0.323 e. The Balaban J connectivity index is 3.71. The van der Waals surface area contributed by atoms with Gasteiger partial charge in [0, 0.05) is 14.1 Å². The fourth-order valence-electron chi connectivity index (χ4n) is 0.173. The highest BCUT2D eigenvalue weighted by atomic mass is 15.6. The van der Waals surface area contributed by atoms with Gasteiger partial charge in [0.15, 0.2) is 0 Å². The predicted molar refractivity (Wildman–Crippen MR) is 35.0 cm³/mol. The largest absolute Gasteiger partial charge is 0.323 e. The number of hydrogen-bond acceptors (Lipinski definition) is 2. The molecule has 0 saturated carbocycles. The summed E-state index contributed by atoms with van der Waals surface area (Å²) >= 11 is 0. The molecule has 0 aromatic rings. The molecule has 0 heterocycles. The van der Waals surface area contributed by atoms with E-state index in [2.05, 4.69) is 10.4 Å². The first kappa shape index (κ1) is 7.87. The van der Waals surface area contributed by atoms with Crippen molar-refractivity contribution in [2.24, 2.45) is 16.2 Å². The van der Waals surface area contributed by atoms with Crippen LogP contribution in [-0.4, -0.2) is 37.2 Å². The molecule has 0 rings (SSSR count). The summed E-state index contributed by atoms with van der Waals surface area (Å²) in [5.74, 6) is 0. The van der Waals surface area contributed by atoms with Crippen LogP contribution in [0.25, 0.3) is 0 Å². The summed E-state index contributed by atoms with van der Waals surface area (Å²) in [6, 6.07) is 0. The molecule has 0 amide bonds. The van der Waals surface area contributed by atoms with Crippen LogP contribution in [0.3, 0.4) is 0 Å². The Kier molecular flexibility index (Phi) is 3.34. The van der Waals surface area contributed by atoms with Crippen LogP contribution in [0.5, 0.6) is 0 Å². The maximum Gasteiger partial charge on any atom is 0.200 e. The van der Waals surface area contributed by atoms with E-state index in [-0.39, 0.29) is 0 Å². The highest BCUT2D eigenvalue weighted by Crippen LogP contribution is 1.76. The van der Waals surface area contributed by atoms with Gasteiger partial charge in [-0.1, -0.05) is 0 Å². The molecule has 0 radical (unpaired) electrons. The Morgan fingerprint density at radius 3 is 2.44 bits per heavy atom. The Labute approximate surface area is 54.4 Å². The Hall–Kier alpha value is -1.13. The molecule has 52 valence electrons. The molecule has 5 nitrogen and oxygen atoms in total. The zero-order valence-corrected chi connectivity index (χ0v) is 5.94. The Bertz CT molecular complexity index is 125. The maximum atomic E-state index is 5.09. The van der Waals surface area contributed by atoms with Crippen LogP contribution in [0.4, 0.5) is 0 Å². The van der Waals surface area contributed by atoms with Crippen LogP contribution < -0.4 is 5.73 Å². The number of nitrogens with two attached hydrogens (primary N) is 1. The van der Waals surface area contributed by atoms with Crippen LogP contribution in [0.2, 0.25) is 0 Å². The van der Waals surface area contributed by atoms with Gasteiger partial charge >= 0.3 is 0 Å². The molecule has 0 aliphatic rings. The van der Waals surface area contributed by atoms with Gasteiger partial charge in [0.2, 0.25) is 6.34 Å². The van der Waals surface area contributed by atoms with Gasteiger partial charge in [-0.15, -0.1) is 4.68 Å². The first-order chi connectivity index (χ1) is 4.16. The molecule has 5 heteroatoms. The summed E-state index contributed by atoms with van der Waals surface area (Å²) in [5.41, 5.74) is 5.09. The molecule has 2 N–H and O–H groups in total. The van der Waals surface area contributed by atoms with Crippen molar-refractivity contribution in [3.8, 4) is 0 Å². The van der Waals surface area contributed by atoms with Crippen LogP contribution in [0.1, 0.15) is 0 Å². The number of hydrogen-bond donors (Lipinski definition) is 1. The van der Waals surface area contributed by atoms with E-state index in [1.54, 1.807) is 26.2 Å². The lowest BCUT2D eigenvalue weighted by Crippen LogP contribution is -2.07. The average molecular weight is 130 g/mol. The molecule has 0 spiro atoms. The second-order valence-electron chi connectivity index (χ2n) is 1.75. The summed E-state index contributed by atoms with van der Waals surface area (Å²) in [6.07, 6.45) is 1.33. The van der Waals surface area contributed by atoms with E-state index in [9.17, 15) is 0 Å². The molecule has 0 atom stereocenters. The summed E-state index contributed by atoms with van der Waals surface area (Å²) in [5, 5.41) is 8.90. The van der Waals surface area contributed by atoms with E-state index in [0.717, 1.165) is 0 Å². The molecule has 0 aliphatic carbocycles. The quantitative estimate of drug-likeness (QED) is 0.179. The third-order valence-corrected chi connectivity index (χ3v) is 0.576. The second kappa shape index (κ2) is 3.82. The van der Waals surface area contributed by atoms with Crippen LogP contribution in [0, 0.1) is 0 Å². The zero-order valence-electron chi connectivity index (χ0n) is 5.94. The van der Waals surface area contributed by atoms with Gasteiger partial charge in [0.25, 0.3) is 0 Å². The van der Waals surface area contributed by atoms with Crippen molar-refractivity contribution < 1.29 is 4.68 Å². The van der Waals surface area contributed by atoms with Crippen molar-refractivity contribution in [2.45, 2.75) is 0 Å². The number of rotatable bonds is 2. The highest BCUT2D eigenvalue weighted by Gasteiger charge is 1.84. The van der Waals surface area contributed by atoms with Crippen LogP contribution >= 0.6 is 0 Å². The Morgan fingerprint density at radius 2 is 2.11 bits per heavy atom. The lowest BCUT2D eigenvalue weighted by molar-refractivity contribution is -0.509. The van der Waals surface area contributed by atoms with Crippen LogP contribution in [0.15, 0.2) is 10.4 Å². The fourth-order valence-corrected chi connectivity index (χ4v) is 0.173. The summed E-state index contributed by atoms with van der Waals surface area (Å²) in [6.45, 7) is 0. The molecule has 0 aromatic heterocycles. The molecule has 0 fully saturated rings. The van der Waals surface area contributed by atoms with Gasteiger partial charge in [-0.2, -0.15) is 0 Å². The topological polar surface area (TPSA) is 57.0 Å². The smallest absolute Gasteiger partial charge is 0.200 e. The van der Waals surface area contributed by atoms with E-state index in [4.69, 9.17) is 5.73 Å². The van der Waals surface area contributed by atoms with Crippen molar-refractivity contribution in [2.75, 3.05) is 21.1 Å². The predicted octanol–water partition coefficient (Wildman–Crippen LogP) is -0.540. The molecule has 0 saturated heterocycles. The molecule has 0 aliphatic heterocycles. The highest BCUT2D eigenvalue weighted by molar-refractivity contribution is 5.44. The standard InChI is InChI=1S/C4H11N5/c1-8(2)6-7-9(3)4-5/h4-5H,1-3H3/p+1/b7-6+. The van der Waals surface area contributed by atoms with Crippen molar-refractivity contribution in [3.05, 3.63) is 0 Å². The summed E-state index contributed by atoms with van der Waals surface area (Å²) < 4.78 is 1.42. The minimum absolute atomic E-state index is 1.33. The third kappa shape index (κ3) is 4.73. The van der Waals surface area contributed by atoms with Crippen molar-refractivity contribution >= 4 is 6.34 Å². The van der Waals surface area contributed by atoms with Crippen molar-refractivity contribution in [1.29, 1.82) is 0 Å². The van der Waals surface area contributed by atoms with Gasteiger partial charge in [-0.05, 0) is 0 Å². The maximum absolute atomic E-state index is 5.09. The summed E-state index contributed by atoms with van der Waals surface area (Å²) in [7, 11) is 5.27. The van der Waals surface area contributed by atoms with Gasteiger partial charge in [-0.25, -0.2) is 5.01 Å². The van der Waals surface area contributed by atoms with Crippen LogP contribution in [-0.2, 0) is 0 Å². The van der Waals surface area contributed by atoms with Gasteiger partial charge in [0.05, 0.1) is 17.5 Å². The monoisotopic (exact) mass is 130 g/mol. The fraction of sp³-hybridized carbons (Fsp3) is 0.750. The van der Waals surface area contributed by atoms with Gasteiger partial charge in [0.1, 0.15) is 0 Å². The lowest BCUT2D eigenvalue weighted by atomic mass is 11.2. The van der Waals surface area contributed by atoms with Gasteiger partial charge in [-0.3, -0.25) is 0 Å². The second-order valence-corrected chi connectivity index (χ2v) is 1.75. The van der Waals surface area contributed by atoms with E-state index in [1.807, 2.05) is 0 Å². The normalized spacial score (nSPS) is 12.6. The lowest BCUT2D eigenvalue weighted by Gasteiger charge is -1.92.